The van der Waals surface area contributed by atoms with Gasteiger partial charge in [-0.1, -0.05) is 121 Å². The first-order valence-electron chi connectivity index (χ1n) is 14.1. The molecule has 2 heteroatoms. The molecule has 214 valence electrons. The Kier molecular flexibility index (Phi) is 12.8. The third-order valence-corrected chi connectivity index (χ3v) is 7.52. The molecule has 44 heavy (non-hydrogen) atoms. The predicted molar refractivity (Wildman–Crippen MR) is 195 cm³/mol. The van der Waals surface area contributed by atoms with E-state index < -0.39 is 0 Å². The van der Waals surface area contributed by atoms with Crippen LogP contribution in [-0.2, 0) is 26.2 Å². The van der Waals surface area contributed by atoms with Crippen molar-refractivity contribution in [2.75, 3.05) is 0 Å². The standard InChI is InChI=1S/2C19H13.C2H6Si.2CH3.Zr/c2*1-2-10-16-14(6-1)8-4-12-18(16)19-13-5-9-15-7-3-11-17(15)19;1-3-2;;;/h2*1-13H;1-2H3;2*1H3;/q2*-1;;2*-1;+4. The normalized spacial score (nSPS) is 10.0. The third kappa shape index (κ3) is 7.10. The molecule has 0 atom stereocenters. The van der Waals surface area contributed by atoms with E-state index in [1.807, 2.05) is 0 Å². The van der Waals surface area contributed by atoms with Crippen LogP contribution in [-0.4, -0.2) is 9.52 Å². The molecule has 8 aromatic carbocycles. The molecule has 0 spiro atoms. The molecule has 0 aliphatic heterocycles. The van der Waals surface area contributed by atoms with Crippen molar-refractivity contribution in [3.8, 4) is 22.3 Å². The summed E-state index contributed by atoms with van der Waals surface area (Å²) in [5, 5.41) is 10.5. The molecular weight excluding hydrogens is 624 g/mol. The molecule has 0 saturated heterocycles. The Labute approximate surface area is 285 Å². The molecule has 0 aliphatic carbocycles. The number of hydrogen-bond donors (Lipinski definition) is 0. The first-order chi connectivity index (χ1) is 20.3. The third-order valence-electron chi connectivity index (χ3n) is 7.52. The quantitative estimate of drug-likeness (QED) is 0.128. The second-order valence-electron chi connectivity index (χ2n) is 10.2. The maximum atomic E-state index is 2.21. The molecule has 8 aromatic rings. The molecule has 0 bridgehead atoms. The summed E-state index contributed by atoms with van der Waals surface area (Å²) in [7, 11) is 1.08. The topological polar surface area (TPSA) is 0 Å². The fourth-order valence-corrected chi connectivity index (χ4v) is 5.72. The molecule has 0 nitrogen and oxygen atoms in total. The summed E-state index contributed by atoms with van der Waals surface area (Å²) >= 11 is 0. The maximum absolute atomic E-state index is 2.21. The van der Waals surface area contributed by atoms with Crippen LogP contribution < -0.4 is 0 Å². The zero-order valence-electron chi connectivity index (χ0n) is 26.0. The first kappa shape index (κ1) is 34.6. The van der Waals surface area contributed by atoms with Gasteiger partial charge in [0.15, 0.2) is 0 Å². The van der Waals surface area contributed by atoms with Crippen molar-refractivity contribution in [2.45, 2.75) is 13.1 Å². The van der Waals surface area contributed by atoms with Gasteiger partial charge in [-0.2, -0.15) is 24.3 Å². The van der Waals surface area contributed by atoms with Crippen molar-refractivity contribution in [1.82, 2.24) is 0 Å². The minimum Gasteiger partial charge on any atom is -0.358 e. The van der Waals surface area contributed by atoms with Gasteiger partial charge in [-0.15, -0.1) is 57.9 Å². The maximum Gasteiger partial charge on any atom is 4.00 e. The molecule has 0 unspecified atom stereocenters. The van der Waals surface area contributed by atoms with Crippen LogP contribution in [0.5, 0.6) is 0 Å². The summed E-state index contributed by atoms with van der Waals surface area (Å²) < 4.78 is 0. The molecule has 0 amide bonds. The van der Waals surface area contributed by atoms with Crippen LogP contribution in [0.25, 0.3) is 65.3 Å². The van der Waals surface area contributed by atoms with E-state index in [1.165, 1.54) is 65.3 Å². The summed E-state index contributed by atoms with van der Waals surface area (Å²) in [5.41, 5.74) is 5.27. The molecule has 8 rings (SSSR count). The smallest absolute Gasteiger partial charge is 0.358 e. The van der Waals surface area contributed by atoms with Crippen molar-refractivity contribution in [1.29, 1.82) is 0 Å². The van der Waals surface area contributed by atoms with Gasteiger partial charge in [0.05, 0.1) is 0 Å². The fourth-order valence-electron chi connectivity index (χ4n) is 5.72. The monoisotopic (exact) mass is 660 g/mol. The van der Waals surface area contributed by atoms with Crippen molar-refractivity contribution in [3.63, 3.8) is 0 Å². The molecule has 0 N–H and O–H groups in total. The van der Waals surface area contributed by atoms with E-state index in [0.29, 0.717) is 0 Å². The minimum absolute atomic E-state index is 0. The Balaban J connectivity index is 0.000000208. The zero-order chi connectivity index (χ0) is 28.0. The number of rotatable bonds is 2. The Morgan fingerprint density at radius 2 is 0.705 bits per heavy atom. The Bertz CT molecular complexity index is 1900. The molecule has 0 saturated carbocycles. The second-order valence-corrected chi connectivity index (χ2v) is 11.2. The van der Waals surface area contributed by atoms with Crippen LogP contribution in [0.2, 0.25) is 13.1 Å². The van der Waals surface area contributed by atoms with Gasteiger partial charge in [0.1, 0.15) is 0 Å². The molecule has 0 aromatic heterocycles. The molecule has 0 fully saturated rings. The summed E-state index contributed by atoms with van der Waals surface area (Å²) in [6, 6.07) is 56.2. The SMILES string of the molecule is C[Si]C.[CH3-].[CH3-].[Zr+4].c1ccc2c(-c3cccc4[cH-]ccc34)cccc2c1.c1ccc2c(-c3cccc4[cH-]ccc34)cccc2c1. The van der Waals surface area contributed by atoms with Gasteiger partial charge in [-0.25, -0.2) is 0 Å². The average molecular weight is 662 g/mol. The van der Waals surface area contributed by atoms with Crippen LogP contribution in [0.3, 0.4) is 0 Å². The van der Waals surface area contributed by atoms with Gasteiger partial charge in [0, 0.05) is 9.52 Å². The van der Waals surface area contributed by atoms with Crippen LogP contribution in [0.4, 0.5) is 0 Å². The second kappa shape index (κ2) is 16.3. The van der Waals surface area contributed by atoms with Gasteiger partial charge >= 0.3 is 26.2 Å². The van der Waals surface area contributed by atoms with Crippen LogP contribution >= 0.6 is 0 Å². The van der Waals surface area contributed by atoms with Gasteiger partial charge in [0.2, 0.25) is 0 Å². The van der Waals surface area contributed by atoms with Crippen molar-refractivity contribution in [2.24, 2.45) is 0 Å². The van der Waals surface area contributed by atoms with Crippen molar-refractivity contribution in [3.05, 3.63) is 173 Å². The zero-order valence-corrected chi connectivity index (χ0v) is 29.5. The van der Waals surface area contributed by atoms with Crippen LogP contribution in [0.15, 0.2) is 158 Å². The van der Waals surface area contributed by atoms with Crippen molar-refractivity contribution < 1.29 is 26.2 Å². The van der Waals surface area contributed by atoms with Gasteiger partial charge < -0.3 is 14.9 Å². The van der Waals surface area contributed by atoms with E-state index in [4.69, 9.17) is 0 Å². The Morgan fingerprint density at radius 3 is 1.11 bits per heavy atom. The van der Waals surface area contributed by atoms with E-state index in [0.717, 1.165) is 9.52 Å². The molecule has 0 heterocycles. The molecule has 0 aliphatic rings. The number of fused-ring (bicyclic) bond motifs is 4. The van der Waals surface area contributed by atoms with E-state index in [9.17, 15) is 0 Å². The van der Waals surface area contributed by atoms with Gasteiger partial charge in [0.25, 0.3) is 0 Å². The number of benzene rings is 6. The Morgan fingerprint density at radius 1 is 0.386 bits per heavy atom. The Hall–Kier alpha value is -3.84. The van der Waals surface area contributed by atoms with E-state index >= 15 is 0 Å². The first-order valence-corrected chi connectivity index (χ1v) is 16.1. The summed E-state index contributed by atoms with van der Waals surface area (Å²) in [5.74, 6) is 0. The largest absolute Gasteiger partial charge is 4.00 e. The van der Waals surface area contributed by atoms with E-state index in [1.54, 1.807) is 0 Å². The van der Waals surface area contributed by atoms with Gasteiger partial charge in [-0.05, 0) is 32.7 Å². The van der Waals surface area contributed by atoms with Crippen LogP contribution in [0, 0.1) is 14.9 Å². The average Bonchev–Trinajstić information content (AvgIpc) is 3.71. The predicted octanol–water partition coefficient (Wildman–Crippen LogP) is 12.4. The van der Waals surface area contributed by atoms with Crippen LogP contribution in [0.1, 0.15) is 0 Å². The fraction of sp³-hybridized carbons (Fsp3) is 0.0476. The van der Waals surface area contributed by atoms with E-state index in [-0.39, 0.29) is 41.1 Å². The number of hydrogen-bond acceptors (Lipinski definition) is 0. The molecule has 2 radical (unpaired) electrons. The summed E-state index contributed by atoms with van der Waals surface area (Å²) in [4.78, 5) is 0. The van der Waals surface area contributed by atoms with E-state index in [2.05, 4.69) is 171 Å². The minimum atomic E-state index is 0. The summed E-state index contributed by atoms with van der Waals surface area (Å²) in [6.45, 7) is 4.31. The summed E-state index contributed by atoms with van der Waals surface area (Å²) in [6.07, 6.45) is 0. The van der Waals surface area contributed by atoms with Gasteiger partial charge in [-0.3, -0.25) is 0 Å². The van der Waals surface area contributed by atoms with Crippen molar-refractivity contribution >= 4 is 52.6 Å². The molecular formula is C42H38SiZr.